The van der Waals surface area contributed by atoms with E-state index >= 15 is 0 Å². The first-order valence-electron chi connectivity index (χ1n) is 10.4. The molecule has 2 aromatic carbocycles. The molecule has 3 aromatic rings. The lowest BCUT2D eigenvalue weighted by atomic mass is 9.99. The Balaban J connectivity index is 1.40. The molecule has 1 aromatic heterocycles. The van der Waals surface area contributed by atoms with E-state index in [1.165, 1.54) is 0 Å². The molecule has 31 heavy (non-hydrogen) atoms. The Morgan fingerprint density at radius 3 is 2.71 bits per heavy atom. The summed E-state index contributed by atoms with van der Waals surface area (Å²) in [5, 5.41) is 3.02. The Kier molecular flexibility index (Phi) is 4.94. The number of aromatic nitrogens is 2. The molecule has 158 valence electrons. The summed E-state index contributed by atoms with van der Waals surface area (Å²) < 4.78 is 10.7. The number of benzene rings is 2. The van der Waals surface area contributed by atoms with Crippen LogP contribution in [-0.2, 0) is 6.42 Å². The van der Waals surface area contributed by atoms with Gasteiger partial charge in [0.15, 0.2) is 5.82 Å². The summed E-state index contributed by atoms with van der Waals surface area (Å²) in [6.45, 7) is 0. The van der Waals surface area contributed by atoms with Crippen LogP contribution in [0.25, 0.3) is 11.4 Å². The second-order valence-electron chi connectivity index (χ2n) is 7.82. The van der Waals surface area contributed by atoms with Gasteiger partial charge in [0.1, 0.15) is 11.5 Å². The molecule has 2 bridgehead atoms. The van der Waals surface area contributed by atoms with Gasteiger partial charge in [-0.1, -0.05) is 30.3 Å². The lowest BCUT2D eigenvalue weighted by Gasteiger charge is -2.35. The van der Waals surface area contributed by atoms with Gasteiger partial charge in [0.05, 0.1) is 31.6 Å². The van der Waals surface area contributed by atoms with Gasteiger partial charge in [-0.3, -0.25) is 0 Å². The molecule has 5 rings (SSSR count). The van der Waals surface area contributed by atoms with Gasteiger partial charge in [-0.2, -0.15) is 0 Å². The van der Waals surface area contributed by atoms with E-state index in [0.29, 0.717) is 17.2 Å². The molecule has 1 fully saturated rings. The van der Waals surface area contributed by atoms with Crippen LogP contribution in [0, 0.1) is 0 Å². The minimum atomic E-state index is -0.131. The number of urea groups is 1. The van der Waals surface area contributed by atoms with Crippen LogP contribution in [0.3, 0.4) is 0 Å². The third-order valence-corrected chi connectivity index (χ3v) is 6.11. The number of carbonyl (C=O) groups excluding carboxylic acids is 1. The lowest BCUT2D eigenvalue weighted by molar-refractivity contribution is 0.178. The summed E-state index contributed by atoms with van der Waals surface area (Å²) in [5.41, 5.74) is 3.72. The molecule has 2 aliphatic rings. The van der Waals surface area contributed by atoms with Crippen LogP contribution in [-0.4, -0.2) is 41.2 Å². The lowest BCUT2D eigenvalue weighted by Crippen LogP contribution is -2.44. The number of nitrogens with one attached hydrogen (secondary N) is 1. The second kappa shape index (κ2) is 7.91. The van der Waals surface area contributed by atoms with Crippen LogP contribution in [0.2, 0.25) is 0 Å². The van der Waals surface area contributed by atoms with Crippen molar-refractivity contribution in [3.63, 3.8) is 0 Å². The van der Waals surface area contributed by atoms with Crippen LogP contribution >= 0.6 is 0 Å². The first-order chi connectivity index (χ1) is 15.2. The largest absolute Gasteiger partial charge is 0.497 e. The SMILES string of the molecule is COc1ccc(NC(=O)N2C3CCC2c2cnc(-c4ccccc4)nc2C3)c(OC)c1. The predicted molar refractivity (Wildman–Crippen MR) is 117 cm³/mol. The van der Waals surface area contributed by atoms with Gasteiger partial charge < -0.3 is 19.7 Å². The second-order valence-corrected chi connectivity index (χ2v) is 7.82. The molecule has 1 saturated heterocycles. The summed E-state index contributed by atoms with van der Waals surface area (Å²) in [6, 6.07) is 15.3. The molecule has 7 heteroatoms. The van der Waals surface area contributed by atoms with Gasteiger partial charge in [-0.05, 0) is 25.0 Å². The Morgan fingerprint density at radius 2 is 1.94 bits per heavy atom. The number of nitrogens with zero attached hydrogens (tertiary/aromatic N) is 3. The summed E-state index contributed by atoms with van der Waals surface area (Å²) in [6.07, 6.45) is 4.50. The Labute approximate surface area is 181 Å². The van der Waals surface area contributed by atoms with Crippen molar-refractivity contribution in [2.75, 3.05) is 19.5 Å². The van der Waals surface area contributed by atoms with Crippen molar-refractivity contribution in [1.29, 1.82) is 0 Å². The average Bonchev–Trinajstić information content (AvgIpc) is 3.14. The van der Waals surface area contributed by atoms with Crippen LogP contribution in [0.4, 0.5) is 10.5 Å². The van der Waals surface area contributed by atoms with Crippen molar-refractivity contribution >= 4 is 11.7 Å². The zero-order valence-electron chi connectivity index (χ0n) is 17.5. The molecule has 0 radical (unpaired) electrons. The molecular formula is C24H24N4O3. The van der Waals surface area contributed by atoms with Crippen LogP contribution in [0.5, 0.6) is 11.5 Å². The maximum atomic E-state index is 13.2. The van der Waals surface area contributed by atoms with E-state index < -0.39 is 0 Å². The summed E-state index contributed by atoms with van der Waals surface area (Å²) in [5.74, 6) is 1.97. The number of amides is 2. The van der Waals surface area contributed by atoms with Crippen molar-refractivity contribution in [2.24, 2.45) is 0 Å². The van der Waals surface area contributed by atoms with Gasteiger partial charge in [0, 0.05) is 35.9 Å². The van der Waals surface area contributed by atoms with Gasteiger partial charge in [-0.25, -0.2) is 14.8 Å². The Morgan fingerprint density at radius 1 is 1.10 bits per heavy atom. The van der Waals surface area contributed by atoms with E-state index in [2.05, 4.69) is 10.3 Å². The van der Waals surface area contributed by atoms with Gasteiger partial charge in [0.2, 0.25) is 0 Å². The Hall–Kier alpha value is -3.61. The maximum Gasteiger partial charge on any atom is 0.322 e. The molecule has 3 heterocycles. The van der Waals surface area contributed by atoms with E-state index in [1.54, 1.807) is 32.4 Å². The minimum Gasteiger partial charge on any atom is -0.497 e. The fraction of sp³-hybridized carbons (Fsp3) is 0.292. The van der Waals surface area contributed by atoms with E-state index in [1.807, 2.05) is 41.4 Å². The first-order valence-corrected chi connectivity index (χ1v) is 10.4. The highest BCUT2D eigenvalue weighted by molar-refractivity contribution is 5.92. The summed E-state index contributed by atoms with van der Waals surface area (Å²) >= 11 is 0. The quantitative estimate of drug-likeness (QED) is 0.680. The summed E-state index contributed by atoms with van der Waals surface area (Å²) in [7, 11) is 3.17. The van der Waals surface area contributed by atoms with Crippen molar-refractivity contribution in [1.82, 2.24) is 14.9 Å². The number of fused-ring (bicyclic) bond motifs is 4. The average molecular weight is 416 g/mol. The fourth-order valence-electron chi connectivity index (χ4n) is 4.60. The molecule has 0 spiro atoms. The molecule has 7 nitrogen and oxygen atoms in total. The fourth-order valence-corrected chi connectivity index (χ4v) is 4.60. The van der Waals surface area contributed by atoms with Crippen LogP contribution < -0.4 is 14.8 Å². The van der Waals surface area contributed by atoms with Gasteiger partial charge >= 0.3 is 6.03 Å². The van der Waals surface area contributed by atoms with Crippen LogP contribution in [0.1, 0.15) is 30.1 Å². The molecule has 2 aliphatic heterocycles. The number of ether oxygens (including phenoxy) is 2. The molecule has 2 atom stereocenters. The number of anilines is 1. The number of rotatable bonds is 4. The van der Waals surface area contributed by atoms with Crippen molar-refractivity contribution in [3.05, 3.63) is 66.0 Å². The highest BCUT2D eigenvalue weighted by Gasteiger charge is 2.43. The van der Waals surface area contributed by atoms with Gasteiger partial charge in [-0.15, -0.1) is 0 Å². The van der Waals surface area contributed by atoms with E-state index in [0.717, 1.165) is 41.9 Å². The topological polar surface area (TPSA) is 76.6 Å². The smallest absolute Gasteiger partial charge is 0.322 e. The predicted octanol–water partition coefficient (Wildman–Crippen LogP) is 4.45. The highest BCUT2D eigenvalue weighted by atomic mass is 16.5. The third kappa shape index (κ3) is 3.46. The normalized spacial score (nSPS) is 19.0. The number of hydrogen-bond acceptors (Lipinski definition) is 5. The zero-order chi connectivity index (χ0) is 21.4. The van der Waals surface area contributed by atoms with Crippen molar-refractivity contribution in [2.45, 2.75) is 31.3 Å². The number of hydrogen-bond donors (Lipinski definition) is 1. The number of carbonyl (C=O) groups is 1. The Bertz CT molecular complexity index is 1120. The van der Waals surface area contributed by atoms with Crippen molar-refractivity contribution < 1.29 is 14.3 Å². The third-order valence-electron chi connectivity index (χ3n) is 6.11. The van der Waals surface area contributed by atoms with E-state index in [-0.39, 0.29) is 18.1 Å². The van der Waals surface area contributed by atoms with Crippen molar-refractivity contribution in [3.8, 4) is 22.9 Å². The maximum absolute atomic E-state index is 13.2. The molecule has 0 saturated carbocycles. The summed E-state index contributed by atoms with van der Waals surface area (Å²) in [4.78, 5) is 24.6. The zero-order valence-corrected chi connectivity index (χ0v) is 17.5. The molecular weight excluding hydrogens is 392 g/mol. The van der Waals surface area contributed by atoms with Gasteiger partial charge in [0.25, 0.3) is 0 Å². The standard InChI is InChI=1S/C24H24N4O3/c1-30-17-9-10-19(22(13-17)31-2)27-24(29)28-16-8-11-21(28)18-14-25-23(26-20(18)12-16)15-6-4-3-5-7-15/h3-7,9-10,13-14,16,21H,8,11-12H2,1-2H3,(H,27,29). The molecule has 2 amide bonds. The minimum absolute atomic E-state index is 0.0113. The van der Waals surface area contributed by atoms with E-state index in [9.17, 15) is 4.79 Å². The molecule has 1 N–H and O–H groups in total. The van der Waals surface area contributed by atoms with Crippen LogP contribution in [0.15, 0.2) is 54.7 Å². The molecule has 2 unspecified atom stereocenters. The van der Waals surface area contributed by atoms with E-state index in [4.69, 9.17) is 14.5 Å². The first kappa shape index (κ1) is 19.4. The number of methoxy groups -OCH3 is 2. The monoisotopic (exact) mass is 416 g/mol. The molecule has 0 aliphatic carbocycles. The highest BCUT2D eigenvalue weighted by Crippen LogP contribution is 2.44.